The summed E-state index contributed by atoms with van der Waals surface area (Å²) in [5, 5.41) is 0. The van der Waals surface area contributed by atoms with Crippen molar-refractivity contribution in [2.75, 3.05) is 13.1 Å². The van der Waals surface area contributed by atoms with Crippen molar-refractivity contribution in [3.8, 4) is 0 Å². The average Bonchev–Trinajstić information content (AvgIpc) is 2.32. The molecular weight excluding hydrogens is 134 g/mol. The number of hydrogen-bond acceptors (Lipinski definition) is 1. The standard InChI is InChI=1S/C10H19N/c1-5-9-6-7-11(8-9)10(2,3)4/h5,9H,1,6-8H2,2-4H3. The van der Waals surface area contributed by atoms with Crippen molar-refractivity contribution in [1.82, 2.24) is 4.90 Å². The first kappa shape index (κ1) is 8.79. The molecule has 1 aliphatic rings. The highest BCUT2D eigenvalue weighted by Gasteiger charge is 2.28. The van der Waals surface area contributed by atoms with Gasteiger partial charge in [-0.15, -0.1) is 6.58 Å². The first-order valence-corrected chi connectivity index (χ1v) is 4.41. The molecule has 1 aliphatic heterocycles. The van der Waals surface area contributed by atoms with Crippen molar-refractivity contribution in [1.29, 1.82) is 0 Å². The predicted molar refractivity (Wildman–Crippen MR) is 49.6 cm³/mol. The van der Waals surface area contributed by atoms with Gasteiger partial charge in [-0.05, 0) is 39.7 Å². The van der Waals surface area contributed by atoms with Crippen molar-refractivity contribution in [3.63, 3.8) is 0 Å². The molecule has 0 amide bonds. The fourth-order valence-electron chi connectivity index (χ4n) is 1.59. The fourth-order valence-corrected chi connectivity index (χ4v) is 1.59. The van der Waals surface area contributed by atoms with Crippen molar-refractivity contribution in [3.05, 3.63) is 12.7 Å². The van der Waals surface area contributed by atoms with E-state index in [-0.39, 0.29) is 0 Å². The van der Waals surface area contributed by atoms with Crippen LogP contribution in [0.4, 0.5) is 0 Å². The second-order valence-electron chi connectivity index (χ2n) is 4.40. The lowest BCUT2D eigenvalue weighted by Crippen LogP contribution is -2.39. The van der Waals surface area contributed by atoms with Crippen LogP contribution in [-0.4, -0.2) is 23.5 Å². The molecule has 1 unspecified atom stereocenters. The maximum atomic E-state index is 3.83. The first-order chi connectivity index (χ1) is 5.04. The van der Waals surface area contributed by atoms with Crippen LogP contribution in [0.2, 0.25) is 0 Å². The van der Waals surface area contributed by atoms with Gasteiger partial charge in [0.05, 0.1) is 0 Å². The van der Waals surface area contributed by atoms with Crippen molar-refractivity contribution in [2.24, 2.45) is 5.92 Å². The Morgan fingerprint density at radius 3 is 2.36 bits per heavy atom. The van der Waals surface area contributed by atoms with Crippen LogP contribution in [0.1, 0.15) is 27.2 Å². The molecule has 1 heteroatoms. The van der Waals surface area contributed by atoms with E-state index in [0.717, 1.165) is 5.92 Å². The summed E-state index contributed by atoms with van der Waals surface area (Å²) in [5.74, 6) is 0.731. The van der Waals surface area contributed by atoms with E-state index in [0.29, 0.717) is 5.54 Å². The Morgan fingerprint density at radius 2 is 2.09 bits per heavy atom. The van der Waals surface area contributed by atoms with Gasteiger partial charge < -0.3 is 0 Å². The molecule has 64 valence electrons. The molecule has 0 aromatic carbocycles. The monoisotopic (exact) mass is 153 g/mol. The SMILES string of the molecule is C=CC1CCN(C(C)(C)C)C1. The van der Waals surface area contributed by atoms with E-state index in [1.807, 2.05) is 0 Å². The Kier molecular flexibility index (Phi) is 2.38. The third kappa shape index (κ3) is 2.06. The van der Waals surface area contributed by atoms with Gasteiger partial charge in [-0.2, -0.15) is 0 Å². The van der Waals surface area contributed by atoms with Gasteiger partial charge >= 0.3 is 0 Å². The Labute approximate surface area is 70.1 Å². The van der Waals surface area contributed by atoms with Crippen molar-refractivity contribution >= 4 is 0 Å². The topological polar surface area (TPSA) is 3.24 Å². The largest absolute Gasteiger partial charge is 0.298 e. The van der Waals surface area contributed by atoms with Gasteiger partial charge in [0.1, 0.15) is 0 Å². The summed E-state index contributed by atoms with van der Waals surface area (Å²) in [6.45, 7) is 13.1. The maximum absolute atomic E-state index is 3.83. The van der Waals surface area contributed by atoms with E-state index >= 15 is 0 Å². The normalized spacial score (nSPS) is 27.4. The van der Waals surface area contributed by atoms with E-state index in [1.165, 1.54) is 19.5 Å². The van der Waals surface area contributed by atoms with Crippen LogP contribution in [0.3, 0.4) is 0 Å². The molecule has 0 bridgehead atoms. The summed E-state index contributed by atoms with van der Waals surface area (Å²) >= 11 is 0. The summed E-state index contributed by atoms with van der Waals surface area (Å²) in [6.07, 6.45) is 3.38. The zero-order chi connectivity index (χ0) is 8.48. The van der Waals surface area contributed by atoms with Crippen LogP contribution >= 0.6 is 0 Å². The predicted octanol–water partition coefficient (Wildman–Crippen LogP) is 2.29. The Bertz CT molecular complexity index is 143. The van der Waals surface area contributed by atoms with E-state index in [2.05, 4.69) is 38.3 Å². The van der Waals surface area contributed by atoms with E-state index < -0.39 is 0 Å². The first-order valence-electron chi connectivity index (χ1n) is 4.41. The molecule has 11 heavy (non-hydrogen) atoms. The highest BCUT2D eigenvalue weighted by atomic mass is 15.2. The smallest absolute Gasteiger partial charge is 0.0125 e. The molecular formula is C10H19N. The van der Waals surface area contributed by atoms with Gasteiger partial charge in [0.15, 0.2) is 0 Å². The third-order valence-corrected chi connectivity index (χ3v) is 2.51. The van der Waals surface area contributed by atoms with Crippen molar-refractivity contribution < 1.29 is 0 Å². The molecule has 0 aromatic heterocycles. The molecule has 0 saturated carbocycles. The number of nitrogens with zero attached hydrogens (tertiary/aromatic N) is 1. The molecule has 1 fully saturated rings. The van der Waals surface area contributed by atoms with Crippen molar-refractivity contribution in [2.45, 2.75) is 32.7 Å². The lowest BCUT2D eigenvalue weighted by Gasteiger charge is -2.31. The quantitative estimate of drug-likeness (QED) is 0.522. The van der Waals surface area contributed by atoms with Crippen LogP contribution in [0.5, 0.6) is 0 Å². The minimum absolute atomic E-state index is 0.345. The van der Waals surface area contributed by atoms with Crippen LogP contribution in [-0.2, 0) is 0 Å². The zero-order valence-electron chi connectivity index (χ0n) is 7.93. The highest BCUT2D eigenvalue weighted by molar-refractivity contribution is 4.91. The molecule has 0 aromatic rings. The summed E-state index contributed by atoms with van der Waals surface area (Å²) in [6, 6.07) is 0. The summed E-state index contributed by atoms with van der Waals surface area (Å²) in [4.78, 5) is 2.53. The Balaban J connectivity index is 2.48. The summed E-state index contributed by atoms with van der Waals surface area (Å²) < 4.78 is 0. The minimum Gasteiger partial charge on any atom is -0.298 e. The molecule has 0 spiro atoms. The molecule has 1 saturated heterocycles. The molecule has 0 radical (unpaired) electrons. The van der Waals surface area contributed by atoms with Crippen LogP contribution in [0, 0.1) is 5.92 Å². The van der Waals surface area contributed by atoms with Crippen LogP contribution < -0.4 is 0 Å². The lowest BCUT2D eigenvalue weighted by molar-refractivity contribution is 0.171. The molecule has 1 nitrogen and oxygen atoms in total. The maximum Gasteiger partial charge on any atom is 0.0125 e. The van der Waals surface area contributed by atoms with Crippen LogP contribution in [0.25, 0.3) is 0 Å². The second-order valence-corrected chi connectivity index (χ2v) is 4.40. The van der Waals surface area contributed by atoms with Gasteiger partial charge in [-0.25, -0.2) is 0 Å². The Hall–Kier alpha value is -0.300. The van der Waals surface area contributed by atoms with E-state index in [4.69, 9.17) is 0 Å². The fraction of sp³-hybridized carbons (Fsp3) is 0.800. The van der Waals surface area contributed by atoms with Gasteiger partial charge in [-0.1, -0.05) is 6.08 Å². The molecule has 1 heterocycles. The van der Waals surface area contributed by atoms with E-state index in [9.17, 15) is 0 Å². The average molecular weight is 153 g/mol. The summed E-state index contributed by atoms with van der Waals surface area (Å²) in [7, 11) is 0. The van der Waals surface area contributed by atoms with Gasteiger partial charge in [0.2, 0.25) is 0 Å². The van der Waals surface area contributed by atoms with Gasteiger partial charge in [0, 0.05) is 12.1 Å². The van der Waals surface area contributed by atoms with Crippen LogP contribution in [0.15, 0.2) is 12.7 Å². The number of likely N-dealkylation sites (tertiary alicyclic amines) is 1. The number of hydrogen-bond donors (Lipinski definition) is 0. The van der Waals surface area contributed by atoms with Gasteiger partial charge in [-0.3, -0.25) is 4.90 Å². The lowest BCUT2D eigenvalue weighted by atomic mass is 10.1. The molecule has 1 rings (SSSR count). The minimum atomic E-state index is 0.345. The second kappa shape index (κ2) is 2.98. The van der Waals surface area contributed by atoms with E-state index in [1.54, 1.807) is 0 Å². The number of rotatable bonds is 1. The van der Waals surface area contributed by atoms with Gasteiger partial charge in [0.25, 0.3) is 0 Å². The molecule has 0 N–H and O–H groups in total. The molecule has 1 atom stereocenters. The Morgan fingerprint density at radius 1 is 1.45 bits per heavy atom. The molecule has 0 aliphatic carbocycles. The summed E-state index contributed by atoms with van der Waals surface area (Å²) in [5.41, 5.74) is 0.345. The highest BCUT2D eigenvalue weighted by Crippen LogP contribution is 2.24. The third-order valence-electron chi connectivity index (χ3n) is 2.51. The zero-order valence-corrected chi connectivity index (χ0v) is 7.93.